The molecule has 0 radical (unpaired) electrons. The second-order valence-corrected chi connectivity index (χ2v) is 12.7. The van der Waals surface area contributed by atoms with Gasteiger partial charge in [-0.1, -0.05) is 48.8 Å². The maximum atomic E-state index is 11.2. The van der Waals surface area contributed by atoms with Crippen molar-refractivity contribution in [3.8, 4) is 11.5 Å². The Bertz CT molecular complexity index is 764. The molecule has 0 saturated carbocycles. The van der Waals surface area contributed by atoms with E-state index in [0.29, 0.717) is 11.3 Å². The van der Waals surface area contributed by atoms with Gasteiger partial charge in [0.25, 0.3) is 0 Å². The van der Waals surface area contributed by atoms with Crippen LogP contribution in [0.25, 0.3) is 0 Å². The van der Waals surface area contributed by atoms with Crippen LogP contribution in [-0.2, 0) is 10.6 Å². The van der Waals surface area contributed by atoms with Crippen LogP contribution in [0, 0.1) is 0 Å². The molecule has 148 valence electrons. The van der Waals surface area contributed by atoms with Gasteiger partial charge in [-0.25, -0.2) is 0 Å². The highest BCUT2D eigenvalue weighted by molar-refractivity contribution is 9.10. The summed E-state index contributed by atoms with van der Waals surface area (Å²) in [7, 11) is -1.06. The number of benzene rings is 2. The van der Waals surface area contributed by atoms with Crippen LogP contribution in [0.15, 0.2) is 46.9 Å². The normalized spacial score (nSPS) is 12.7. The summed E-state index contributed by atoms with van der Waals surface area (Å²) in [6.45, 7) is 7.49. The van der Waals surface area contributed by atoms with Crippen molar-refractivity contribution < 1.29 is 13.7 Å². The summed E-state index contributed by atoms with van der Waals surface area (Å²) in [5.41, 5.74) is 1.77. The van der Waals surface area contributed by atoms with Gasteiger partial charge < -0.3 is 8.92 Å². The van der Waals surface area contributed by atoms with Crippen LogP contribution in [0.1, 0.15) is 43.1 Å². The zero-order valence-electron chi connectivity index (χ0n) is 16.8. The predicted molar refractivity (Wildman–Crippen MR) is 120 cm³/mol. The first-order valence-electron chi connectivity index (χ1n) is 9.01. The Labute approximate surface area is 173 Å². The summed E-state index contributed by atoms with van der Waals surface area (Å²) < 4.78 is 13.1. The quantitative estimate of drug-likeness (QED) is 0.326. The zero-order chi connectivity index (χ0) is 20.1. The van der Waals surface area contributed by atoms with Crippen LogP contribution in [-0.4, -0.2) is 30.2 Å². The molecule has 0 N–H and O–H groups in total. The Morgan fingerprint density at radius 3 is 2.33 bits per heavy atom. The number of aryl methyl sites for hydroxylation is 1. The molecule has 0 amide bonds. The number of ether oxygens (including phenoxy) is 1. The molecular formula is C22H29BrO3S. The Hall–Kier alpha value is -1.30. The third kappa shape index (κ3) is 6.37. The van der Waals surface area contributed by atoms with Crippen molar-refractivity contribution in [3.05, 3.63) is 58.1 Å². The van der Waals surface area contributed by atoms with E-state index in [1.54, 1.807) is 12.1 Å². The van der Waals surface area contributed by atoms with Gasteiger partial charge in [0.05, 0.1) is 12.2 Å². The van der Waals surface area contributed by atoms with Gasteiger partial charge in [0, 0.05) is 9.22 Å². The van der Waals surface area contributed by atoms with Crippen LogP contribution in [0.5, 0.6) is 11.5 Å². The summed E-state index contributed by atoms with van der Waals surface area (Å²) in [6, 6.07) is 13.4. The lowest BCUT2D eigenvalue weighted by atomic mass is 10.1. The van der Waals surface area contributed by atoms with Crippen molar-refractivity contribution in [1.29, 1.82) is 0 Å². The first-order chi connectivity index (χ1) is 12.6. The molecule has 5 heteroatoms. The summed E-state index contributed by atoms with van der Waals surface area (Å²) in [5.74, 6) is 1.28. The van der Waals surface area contributed by atoms with Gasteiger partial charge in [0.15, 0.2) is 6.29 Å². The van der Waals surface area contributed by atoms with E-state index < -0.39 is 10.3 Å². The molecule has 0 aliphatic carbocycles. The first kappa shape index (κ1) is 22.0. The first-order valence-corrected chi connectivity index (χ1v) is 12.2. The standard InChI is InChI=1S/C22H29BrO3S/c1-22(2,3)27(4,5)25-14-6-7-17-8-11-20(12-9-17)26-21-13-10-19(23)15-18(21)16-24/h8-13,15-16H,6-7,14H2,1-5H3. The molecule has 2 rings (SSSR count). The molecular weight excluding hydrogens is 424 g/mol. The van der Waals surface area contributed by atoms with E-state index in [1.807, 2.05) is 18.2 Å². The lowest BCUT2D eigenvalue weighted by Crippen LogP contribution is -2.25. The van der Waals surface area contributed by atoms with Gasteiger partial charge in [0.2, 0.25) is 0 Å². The van der Waals surface area contributed by atoms with Crippen LogP contribution in [0.3, 0.4) is 0 Å². The van der Waals surface area contributed by atoms with E-state index in [-0.39, 0.29) is 4.75 Å². The van der Waals surface area contributed by atoms with E-state index >= 15 is 0 Å². The molecule has 0 bridgehead atoms. The Morgan fingerprint density at radius 1 is 1.07 bits per heavy atom. The smallest absolute Gasteiger partial charge is 0.153 e. The van der Waals surface area contributed by atoms with Gasteiger partial charge >= 0.3 is 0 Å². The molecule has 2 aromatic carbocycles. The van der Waals surface area contributed by atoms with Crippen molar-refractivity contribution in [2.45, 2.75) is 38.4 Å². The van der Waals surface area contributed by atoms with E-state index in [0.717, 1.165) is 36.0 Å². The molecule has 0 atom stereocenters. The fourth-order valence-electron chi connectivity index (χ4n) is 2.28. The number of halogens is 1. The second kappa shape index (κ2) is 9.26. The molecule has 3 nitrogen and oxygen atoms in total. The maximum absolute atomic E-state index is 11.2. The van der Waals surface area contributed by atoms with Crippen molar-refractivity contribution in [2.24, 2.45) is 0 Å². The highest BCUT2D eigenvalue weighted by atomic mass is 79.9. The number of carbonyl (C=O) groups is 1. The van der Waals surface area contributed by atoms with Crippen LogP contribution in [0.2, 0.25) is 0 Å². The number of aldehydes is 1. The second-order valence-electron chi connectivity index (χ2n) is 7.82. The topological polar surface area (TPSA) is 35.5 Å². The highest BCUT2D eigenvalue weighted by Crippen LogP contribution is 2.53. The number of hydrogen-bond acceptors (Lipinski definition) is 3. The minimum Gasteiger partial charge on any atom is -0.457 e. The van der Waals surface area contributed by atoms with Crippen molar-refractivity contribution in [1.82, 2.24) is 0 Å². The third-order valence-corrected chi connectivity index (χ3v) is 8.91. The van der Waals surface area contributed by atoms with Gasteiger partial charge in [-0.15, -0.1) is 10.3 Å². The van der Waals surface area contributed by atoms with Crippen molar-refractivity contribution in [3.63, 3.8) is 0 Å². The molecule has 0 aliphatic heterocycles. The van der Waals surface area contributed by atoms with Gasteiger partial charge in [-0.3, -0.25) is 4.79 Å². The van der Waals surface area contributed by atoms with Gasteiger partial charge in [-0.2, -0.15) is 0 Å². The molecule has 0 aliphatic rings. The summed E-state index contributed by atoms with van der Waals surface area (Å²) in [5, 5.41) is 0. The fraction of sp³-hybridized carbons (Fsp3) is 0.409. The molecule has 0 saturated heterocycles. The Balaban J connectivity index is 1.88. The molecule has 0 aromatic heterocycles. The van der Waals surface area contributed by atoms with Crippen LogP contribution < -0.4 is 4.74 Å². The van der Waals surface area contributed by atoms with Crippen molar-refractivity contribution >= 4 is 32.5 Å². The summed E-state index contributed by atoms with van der Waals surface area (Å²) in [6.07, 6.45) is 7.23. The predicted octanol–water partition coefficient (Wildman–Crippen LogP) is 6.78. The zero-order valence-corrected chi connectivity index (χ0v) is 19.2. The van der Waals surface area contributed by atoms with E-state index in [9.17, 15) is 4.79 Å². The van der Waals surface area contributed by atoms with E-state index in [2.05, 4.69) is 61.3 Å². The minimum atomic E-state index is -1.06. The molecule has 0 heterocycles. The average Bonchev–Trinajstić information content (AvgIpc) is 2.60. The molecule has 2 aromatic rings. The third-order valence-electron chi connectivity index (χ3n) is 4.71. The summed E-state index contributed by atoms with van der Waals surface area (Å²) >= 11 is 3.36. The fourth-order valence-corrected chi connectivity index (χ4v) is 3.54. The number of hydrogen-bond donors (Lipinski definition) is 0. The molecule has 0 unspecified atom stereocenters. The molecule has 27 heavy (non-hydrogen) atoms. The Morgan fingerprint density at radius 2 is 1.74 bits per heavy atom. The van der Waals surface area contributed by atoms with Crippen LogP contribution >= 0.6 is 26.2 Å². The largest absolute Gasteiger partial charge is 0.457 e. The van der Waals surface area contributed by atoms with Crippen LogP contribution in [0.4, 0.5) is 0 Å². The lowest BCUT2D eigenvalue weighted by molar-refractivity contribution is 0.112. The van der Waals surface area contributed by atoms with Gasteiger partial charge in [-0.05, 0) is 61.2 Å². The molecule has 0 spiro atoms. The molecule has 0 fully saturated rings. The Kier molecular flexibility index (Phi) is 7.55. The van der Waals surface area contributed by atoms with Gasteiger partial charge in [0.1, 0.15) is 11.5 Å². The van der Waals surface area contributed by atoms with E-state index in [4.69, 9.17) is 8.92 Å². The monoisotopic (exact) mass is 452 g/mol. The lowest BCUT2D eigenvalue weighted by Gasteiger charge is -2.43. The summed E-state index contributed by atoms with van der Waals surface area (Å²) in [4.78, 5) is 11.2. The highest BCUT2D eigenvalue weighted by Gasteiger charge is 2.28. The maximum Gasteiger partial charge on any atom is 0.153 e. The van der Waals surface area contributed by atoms with E-state index in [1.165, 1.54) is 5.56 Å². The average molecular weight is 453 g/mol. The number of rotatable bonds is 8. The number of carbonyl (C=O) groups excluding carboxylic acids is 1. The van der Waals surface area contributed by atoms with Crippen molar-refractivity contribution in [2.75, 3.05) is 19.1 Å². The minimum absolute atomic E-state index is 0.194. The SMILES string of the molecule is CC(C)(C)S(C)(C)OCCCc1ccc(Oc2ccc(Br)cc2C=O)cc1.